The Kier molecular flexibility index (Phi) is 8.36. The lowest BCUT2D eigenvalue weighted by molar-refractivity contribution is -0.00000650. The van der Waals surface area contributed by atoms with Gasteiger partial charge >= 0.3 is 0 Å². The summed E-state index contributed by atoms with van der Waals surface area (Å²) >= 11 is 0. The second kappa shape index (κ2) is 8.89. The summed E-state index contributed by atoms with van der Waals surface area (Å²) in [6.45, 7) is 5.83. The molecule has 0 atom stereocenters. The van der Waals surface area contributed by atoms with Gasteiger partial charge < -0.3 is 22.0 Å². The maximum Gasteiger partial charge on any atom is 0.204 e. The molecular weight excluding hydrogens is 310 g/mol. The van der Waals surface area contributed by atoms with Gasteiger partial charge in [0.2, 0.25) is 11.6 Å². The Balaban J connectivity index is 0.00000400. The lowest BCUT2D eigenvalue weighted by Crippen LogP contribution is -3.00. The van der Waals surface area contributed by atoms with Gasteiger partial charge in [-0.25, -0.2) is 8.78 Å². The number of ether oxygens (including phenoxy) is 1. The number of nitrogens with zero attached hydrogens (tertiary/aromatic N) is 1. The summed E-state index contributed by atoms with van der Waals surface area (Å²) in [6, 6.07) is 0. The Morgan fingerprint density at radius 3 is 1.81 bits per heavy atom. The minimum Gasteiger partial charge on any atom is -1.00 e. The normalized spacial score (nSPS) is 11.0. The molecule has 21 heavy (non-hydrogen) atoms. The SMILES string of the molecule is CCN(CC)C/C=C/c1c(F)c(F)c(OC)c(F)c1F.[Cl-]. The topological polar surface area (TPSA) is 12.5 Å². The second-order valence-corrected chi connectivity index (χ2v) is 4.09. The molecule has 1 aromatic rings. The first-order valence-electron chi connectivity index (χ1n) is 6.26. The van der Waals surface area contributed by atoms with Gasteiger partial charge in [0.25, 0.3) is 0 Å². The summed E-state index contributed by atoms with van der Waals surface area (Å²) in [7, 11) is 0.941. The highest BCUT2D eigenvalue weighted by Crippen LogP contribution is 2.30. The molecule has 0 radical (unpaired) electrons. The monoisotopic (exact) mass is 326 g/mol. The summed E-state index contributed by atoms with van der Waals surface area (Å²) < 4.78 is 58.6. The number of likely N-dealkylation sites (N-methyl/N-ethyl adjacent to an activating group) is 1. The maximum absolute atomic E-state index is 13.7. The molecule has 0 heterocycles. The summed E-state index contributed by atoms with van der Waals surface area (Å²) in [5.74, 6) is -7.04. The van der Waals surface area contributed by atoms with Crippen molar-refractivity contribution in [3.63, 3.8) is 0 Å². The molecular formula is C14H17ClF4NO-. The van der Waals surface area contributed by atoms with Crippen molar-refractivity contribution in [2.75, 3.05) is 26.7 Å². The van der Waals surface area contributed by atoms with Crippen LogP contribution in [-0.4, -0.2) is 31.6 Å². The van der Waals surface area contributed by atoms with E-state index in [1.54, 1.807) is 0 Å². The van der Waals surface area contributed by atoms with E-state index in [4.69, 9.17) is 0 Å². The van der Waals surface area contributed by atoms with E-state index in [1.807, 2.05) is 18.7 Å². The van der Waals surface area contributed by atoms with Crippen molar-refractivity contribution in [2.24, 2.45) is 0 Å². The van der Waals surface area contributed by atoms with E-state index in [9.17, 15) is 17.6 Å². The first-order valence-corrected chi connectivity index (χ1v) is 6.26. The zero-order valence-corrected chi connectivity index (χ0v) is 12.8. The minimum atomic E-state index is -1.53. The highest BCUT2D eigenvalue weighted by atomic mass is 35.5. The Labute approximate surface area is 127 Å². The fourth-order valence-corrected chi connectivity index (χ4v) is 1.76. The predicted molar refractivity (Wildman–Crippen MR) is 69.6 cm³/mol. The van der Waals surface area contributed by atoms with Crippen LogP contribution in [0.5, 0.6) is 5.75 Å². The number of halogens is 5. The van der Waals surface area contributed by atoms with Crippen molar-refractivity contribution in [2.45, 2.75) is 13.8 Å². The molecule has 0 N–H and O–H groups in total. The molecule has 0 aliphatic rings. The summed E-state index contributed by atoms with van der Waals surface area (Å²) in [6.07, 6.45) is 2.49. The highest BCUT2D eigenvalue weighted by molar-refractivity contribution is 5.54. The second-order valence-electron chi connectivity index (χ2n) is 4.09. The van der Waals surface area contributed by atoms with Crippen molar-refractivity contribution >= 4 is 6.08 Å². The van der Waals surface area contributed by atoms with Crippen LogP contribution >= 0.6 is 0 Å². The Bertz CT molecular complexity index is 475. The predicted octanol–water partition coefficient (Wildman–Crippen LogP) is 0.611. The standard InChI is InChI=1S/C14H17F4NO.ClH/c1-4-19(5-2)8-6-7-9-10(15)12(17)14(20-3)13(18)11(9)16;/h6-7H,4-5,8H2,1-3H3;1H/p-1/b7-6+;. The van der Waals surface area contributed by atoms with Crippen LogP contribution in [0.15, 0.2) is 6.08 Å². The molecule has 0 fully saturated rings. The molecule has 0 bridgehead atoms. The van der Waals surface area contributed by atoms with Crippen molar-refractivity contribution in [3.05, 3.63) is 34.9 Å². The molecule has 7 heteroatoms. The van der Waals surface area contributed by atoms with Gasteiger partial charge in [-0.2, -0.15) is 8.78 Å². The molecule has 0 spiro atoms. The molecule has 0 saturated heterocycles. The minimum absolute atomic E-state index is 0. The lowest BCUT2D eigenvalue weighted by atomic mass is 10.1. The maximum atomic E-state index is 13.7. The molecule has 2 nitrogen and oxygen atoms in total. The molecule has 0 unspecified atom stereocenters. The molecule has 120 valence electrons. The van der Waals surface area contributed by atoms with Crippen molar-refractivity contribution in [1.82, 2.24) is 4.90 Å². The van der Waals surface area contributed by atoms with Crippen LogP contribution in [0.1, 0.15) is 19.4 Å². The molecule has 0 aliphatic heterocycles. The third kappa shape index (κ3) is 4.35. The average Bonchev–Trinajstić information content (AvgIpc) is 2.45. The van der Waals surface area contributed by atoms with E-state index in [0.717, 1.165) is 26.3 Å². The summed E-state index contributed by atoms with van der Waals surface area (Å²) in [5, 5.41) is 0. The Morgan fingerprint density at radius 2 is 1.43 bits per heavy atom. The molecule has 1 rings (SSSR count). The Hall–Kier alpha value is -1.27. The van der Waals surface area contributed by atoms with Gasteiger partial charge in [-0.1, -0.05) is 26.0 Å². The lowest BCUT2D eigenvalue weighted by Gasteiger charge is -2.15. The van der Waals surface area contributed by atoms with Gasteiger partial charge in [0.15, 0.2) is 17.4 Å². The van der Waals surface area contributed by atoms with Gasteiger partial charge in [-0.05, 0) is 13.1 Å². The van der Waals surface area contributed by atoms with Gasteiger partial charge in [0.05, 0.1) is 12.7 Å². The first-order chi connectivity index (χ1) is 9.47. The molecule has 1 aromatic carbocycles. The molecule has 0 saturated carbocycles. The number of methoxy groups -OCH3 is 1. The van der Waals surface area contributed by atoms with E-state index >= 15 is 0 Å². The van der Waals surface area contributed by atoms with Gasteiger partial charge in [0.1, 0.15) is 0 Å². The van der Waals surface area contributed by atoms with E-state index in [2.05, 4.69) is 4.74 Å². The van der Waals surface area contributed by atoms with E-state index in [-0.39, 0.29) is 12.4 Å². The van der Waals surface area contributed by atoms with Crippen molar-refractivity contribution < 1.29 is 34.7 Å². The third-order valence-electron chi connectivity index (χ3n) is 3.00. The summed E-state index contributed by atoms with van der Waals surface area (Å²) in [4.78, 5) is 1.97. The van der Waals surface area contributed by atoms with Crippen LogP contribution in [0.25, 0.3) is 6.08 Å². The summed E-state index contributed by atoms with van der Waals surface area (Å²) in [5.41, 5.74) is -0.743. The third-order valence-corrected chi connectivity index (χ3v) is 3.00. The van der Waals surface area contributed by atoms with E-state index in [0.29, 0.717) is 6.54 Å². The van der Waals surface area contributed by atoms with Crippen LogP contribution < -0.4 is 17.1 Å². The van der Waals surface area contributed by atoms with E-state index in [1.165, 1.54) is 6.08 Å². The number of rotatable bonds is 6. The Morgan fingerprint density at radius 1 is 0.952 bits per heavy atom. The van der Waals surface area contributed by atoms with Crippen molar-refractivity contribution in [3.8, 4) is 5.75 Å². The van der Waals surface area contributed by atoms with Crippen LogP contribution in [0.4, 0.5) is 17.6 Å². The van der Waals surface area contributed by atoms with E-state index < -0.39 is 34.6 Å². The number of hydrogen-bond donors (Lipinski definition) is 0. The zero-order valence-electron chi connectivity index (χ0n) is 12.0. The number of benzene rings is 1. The fourth-order valence-electron chi connectivity index (χ4n) is 1.76. The van der Waals surface area contributed by atoms with Gasteiger partial charge in [-0.3, -0.25) is 0 Å². The zero-order chi connectivity index (χ0) is 15.3. The number of hydrogen-bond acceptors (Lipinski definition) is 2. The van der Waals surface area contributed by atoms with Crippen LogP contribution in [0, 0.1) is 23.3 Å². The van der Waals surface area contributed by atoms with Crippen LogP contribution in [0.3, 0.4) is 0 Å². The average molecular weight is 327 g/mol. The highest BCUT2D eigenvalue weighted by Gasteiger charge is 2.24. The molecule has 0 aliphatic carbocycles. The first kappa shape index (κ1) is 19.7. The quantitative estimate of drug-likeness (QED) is 0.561. The molecule has 0 amide bonds. The fraction of sp³-hybridized carbons (Fsp3) is 0.429. The smallest absolute Gasteiger partial charge is 0.204 e. The van der Waals surface area contributed by atoms with Gasteiger partial charge in [0, 0.05) is 6.54 Å². The van der Waals surface area contributed by atoms with Crippen molar-refractivity contribution in [1.29, 1.82) is 0 Å². The van der Waals surface area contributed by atoms with Crippen LogP contribution in [-0.2, 0) is 0 Å². The van der Waals surface area contributed by atoms with Crippen LogP contribution in [0.2, 0.25) is 0 Å². The molecule has 0 aromatic heterocycles. The van der Waals surface area contributed by atoms with Gasteiger partial charge in [-0.15, -0.1) is 0 Å². The largest absolute Gasteiger partial charge is 1.00 e.